The van der Waals surface area contributed by atoms with Gasteiger partial charge in [0, 0.05) is 43.0 Å². The lowest BCUT2D eigenvalue weighted by Gasteiger charge is -2.33. The lowest BCUT2D eigenvalue weighted by molar-refractivity contribution is -0.150. The Hall–Kier alpha value is -4.94. The highest BCUT2D eigenvalue weighted by Crippen LogP contribution is 2.60. The summed E-state index contributed by atoms with van der Waals surface area (Å²) in [4.78, 5) is 57.8. The van der Waals surface area contributed by atoms with E-state index in [4.69, 9.17) is 9.84 Å². The fraction of sp³-hybridized carbons (Fsp3) is 0.333. The van der Waals surface area contributed by atoms with Gasteiger partial charge < -0.3 is 24.4 Å². The first-order valence-corrected chi connectivity index (χ1v) is 21.3. The van der Waals surface area contributed by atoms with Gasteiger partial charge >= 0.3 is 0 Å². The molecule has 274 valence electrons. The molecule has 3 amide bonds. The molecule has 3 heterocycles. The molecule has 0 aromatic heterocycles. The number of carbonyl (C=O) groups is 3. The number of hydrogen-bond donors (Lipinski definition) is 2. The van der Waals surface area contributed by atoms with Gasteiger partial charge in [-0.3, -0.25) is 14.4 Å². The molecule has 7 rings (SSSR count). The van der Waals surface area contributed by atoms with Crippen LogP contribution in [0.5, 0.6) is 0 Å². The van der Waals surface area contributed by atoms with Crippen LogP contribution in [0.1, 0.15) is 48.4 Å². The topological polar surface area (TPSA) is 123 Å². The molecule has 0 radical (unpaired) electrons. The summed E-state index contributed by atoms with van der Waals surface area (Å²) in [5, 5.41) is 16.1. The normalized spacial score (nSPS) is 22.7. The maximum absolute atomic E-state index is 15.1. The molecule has 3 aliphatic rings. The van der Waals surface area contributed by atoms with Gasteiger partial charge in [-0.25, -0.2) is 5.01 Å². The molecular formula is C42H46N4O6Si. The van der Waals surface area contributed by atoms with Crippen LogP contribution >= 0.6 is 0 Å². The van der Waals surface area contributed by atoms with Crippen LogP contribution in [0.25, 0.3) is 0 Å². The van der Waals surface area contributed by atoms with Crippen LogP contribution < -0.4 is 9.91 Å². The van der Waals surface area contributed by atoms with Gasteiger partial charge in [0.1, 0.15) is 0 Å². The van der Waals surface area contributed by atoms with Gasteiger partial charge in [-0.05, 0) is 48.0 Å². The van der Waals surface area contributed by atoms with Crippen LogP contribution in [0.3, 0.4) is 0 Å². The molecule has 2 N–H and O–H groups in total. The summed E-state index contributed by atoms with van der Waals surface area (Å²) in [5.74, 6) is -1.18. The van der Waals surface area contributed by atoms with Crippen LogP contribution in [0.2, 0.25) is 18.6 Å². The maximum atomic E-state index is 15.1. The van der Waals surface area contributed by atoms with Crippen LogP contribution in [0, 0.1) is 5.92 Å². The first kappa shape index (κ1) is 36.4. The fourth-order valence-electron chi connectivity index (χ4n) is 8.43. The van der Waals surface area contributed by atoms with Gasteiger partial charge in [0.2, 0.25) is 11.8 Å². The summed E-state index contributed by atoms with van der Waals surface area (Å²) >= 11 is 0. The van der Waals surface area contributed by atoms with Crippen molar-refractivity contribution in [2.45, 2.75) is 69.6 Å². The molecule has 0 saturated carbocycles. The van der Waals surface area contributed by atoms with Gasteiger partial charge in [0.05, 0.1) is 42.8 Å². The van der Waals surface area contributed by atoms with E-state index >= 15 is 4.79 Å². The van der Waals surface area contributed by atoms with Crippen molar-refractivity contribution < 1.29 is 29.0 Å². The number of aliphatic hydroxyl groups is 1. The van der Waals surface area contributed by atoms with Crippen molar-refractivity contribution in [1.29, 1.82) is 0 Å². The SMILES string of the molecule is C[C@@H]1[C@@H]([Si](C)(C)O)[C@H](CC(=O)N(CCO)Cc2ccccc2)O[C@@]12C(=O)N(Cc1ccccc1)c1ccc(N3N=C(c4ccccc4)CCC3=O)cc12. The fourth-order valence-corrected chi connectivity index (χ4v) is 11.0. The standard InChI is InChI=1S/C42H46N4O6Si/c1-29-40(53(2,3)51)37(26-39(49)44(23-24-47)27-30-13-7-4-8-14-30)52-42(29)34-25-33(46-38(48)22-20-35(43-46)32-17-11-6-12-18-32)19-21-36(34)45(41(42)50)28-31-15-9-5-10-16-31/h4-19,21,25,29,37,40,47,51H,20,22-24,26-28H2,1-3H3/t29-,37+,40-,42+/m1/s1. The number of fused-ring (bicyclic) bond motifs is 2. The monoisotopic (exact) mass is 730 g/mol. The molecule has 11 heteroatoms. The minimum atomic E-state index is -3.09. The largest absolute Gasteiger partial charge is 0.432 e. The number of rotatable bonds is 11. The van der Waals surface area contributed by atoms with E-state index in [2.05, 4.69) is 0 Å². The third-order valence-electron chi connectivity index (χ3n) is 10.8. The smallest absolute Gasteiger partial charge is 0.264 e. The van der Waals surface area contributed by atoms with Crippen LogP contribution in [-0.2, 0) is 37.8 Å². The molecule has 10 nitrogen and oxygen atoms in total. The molecule has 4 atom stereocenters. The average Bonchev–Trinajstić information content (AvgIpc) is 3.58. The van der Waals surface area contributed by atoms with Gasteiger partial charge in [0.15, 0.2) is 13.9 Å². The molecule has 4 aromatic carbocycles. The summed E-state index contributed by atoms with van der Waals surface area (Å²) in [5.41, 5.74) is 3.32. The highest BCUT2D eigenvalue weighted by Gasteiger charge is 2.66. The molecular weight excluding hydrogens is 685 g/mol. The number of amides is 3. The second kappa shape index (κ2) is 14.8. The Morgan fingerprint density at radius 1 is 0.925 bits per heavy atom. The number of benzene rings is 4. The first-order valence-electron chi connectivity index (χ1n) is 18.3. The van der Waals surface area contributed by atoms with Crippen molar-refractivity contribution in [2.24, 2.45) is 11.0 Å². The Morgan fingerprint density at radius 3 is 2.21 bits per heavy atom. The third kappa shape index (κ3) is 6.97. The highest BCUT2D eigenvalue weighted by molar-refractivity contribution is 6.71. The van der Waals surface area contributed by atoms with Crippen molar-refractivity contribution in [1.82, 2.24) is 4.90 Å². The van der Waals surface area contributed by atoms with Crippen molar-refractivity contribution in [3.63, 3.8) is 0 Å². The molecule has 53 heavy (non-hydrogen) atoms. The molecule has 4 aromatic rings. The van der Waals surface area contributed by atoms with Gasteiger partial charge in [-0.15, -0.1) is 0 Å². The molecule has 1 spiro atoms. The van der Waals surface area contributed by atoms with E-state index < -0.39 is 31.5 Å². The second-order valence-electron chi connectivity index (χ2n) is 14.8. The van der Waals surface area contributed by atoms with Gasteiger partial charge in [-0.1, -0.05) is 97.9 Å². The number of hydrazone groups is 1. The molecule has 0 unspecified atom stereocenters. The summed E-state index contributed by atoms with van der Waals surface area (Å²) in [6.45, 7) is 6.12. The summed E-state index contributed by atoms with van der Waals surface area (Å²) in [6.07, 6.45) is -0.0522. The van der Waals surface area contributed by atoms with E-state index in [1.54, 1.807) is 9.80 Å². The minimum absolute atomic E-state index is 0.0725. The average molecular weight is 731 g/mol. The quantitative estimate of drug-likeness (QED) is 0.183. The van der Waals surface area contributed by atoms with Crippen molar-refractivity contribution in [3.05, 3.63) is 131 Å². The lowest BCUT2D eigenvalue weighted by Crippen LogP contribution is -2.46. The number of ether oxygens (including phenoxy) is 1. The van der Waals surface area contributed by atoms with Crippen LogP contribution in [-0.4, -0.2) is 65.8 Å². The molecule has 0 bridgehead atoms. The lowest BCUT2D eigenvalue weighted by atomic mass is 9.82. The Bertz CT molecular complexity index is 2000. The van der Waals surface area contributed by atoms with E-state index in [9.17, 15) is 19.5 Å². The van der Waals surface area contributed by atoms with E-state index in [0.717, 1.165) is 22.4 Å². The number of aliphatic hydroxyl groups excluding tert-OH is 1. The predicted octanol–water partition coefficient (Wildman–Crippen LogP) is 5.97. The zero-order valence-corrected chi connectivity index (χ0v) is 31.4. The van der Waals surface area contributed by atoms with Gasteiger partial charge in [0.25, 0.3) is 5.91 Å². The Kier molecular flexibility index (Phi) is 10.2. The first-order chi connectivity index (χ1) is 25.5. The Balaban J connectivity index is 1.30. The number of hydrogen-bond acceptors (Lipinski definition) is 7. The van der Waals surface area contributed by atoms with E-state index in [1.807, 2.05) is 129 Å². The van der Waals surface area contributed by atoms with Crippen molar-refractivity contribution >= 4 is 43.1 Å². The van der Waals surface area contributed by atoms with Crippen molar-refractivity contribution in [2.75, 3.05) is 23.1 Å². The zero-order chi connectivity index (χ0) is 37.3. The number of carbonyl (C=O) groups excluding carboxylic acids is 3. The Morgan fingerprint density at radius 2 is 1.57 bits per heavy atom. The van der Waals surface area contributed by atoms with E-state index in [0.29, 0.717) is 36.4 Å². The van der Waals surface area contributed by atoms with Crippen LogP contribution in [0.15, 0.2) is 114 Å². The van der Waals surface area contributed by atoms with Crippen LogP contribution in [0.4, 0.5) is 11.4 Å². The van der Waals surface area contributed by atoms with E-state index in [-0.39, 0.29) is 43.7 Å². The summed E-state index contributed by atoms with van der Waals surface area (Å²) in [7, 11) is -3.09. The molecule has 1 saturated heterocycles. The molecule has 1 fully saturated rings. The predicted molar refractivity (Wildman–Crippen MR) is 207 cm³/mol. The van der Waals surface area contributed by atoms with Gasteiger partial charge in [-0.2, -0.15) is 5.10 Å². The number of nitrogens with zero attached hydrogens (tertiary/aromatic N) is 4. The molecule has 0 aliphatic carbocycles. The van der Waals surface area contributed by atoms with E-state index in [1.165, 1.54) is 5.01 Å². The second-order valence-corrected chi connectivity index (χ2v) is 18.8. The highest BCUT2D eigenvalue weighted by atomic mass is 28.4. The van der Waals surface area contributed by atoms with Crippen molar-refractivity contribution in [3.8, 4) is 0 Å². The minimum Gasteiger partial charge on any atom is -0.432 e. The summed E-state index contributed by atoms with van der Waals surface area (Å²) < 4.78 is 7.01. The zero-order valence-electron chi connectivity index (χ0n) is 30.4. The third-order valence-corrected chi connectivity index (χ3v) is 13.4. The summed E-state index contributed by atoms with van der Waals surface area (Å²) in [6, 6.07) is 34.6. The number of anilines is 2. The Labute approximate surface area is 311 Å². The maximum Gasteiger partial charge on any atom is 0.264 e. The molecule has 3 aliphatic heterocycles.